The van der Waals surface area contributed by atoms with Crippen molar-refractivity contribution in [1.82, 2.24) is 19.1 Å². The van der Waals surface area contributed by atoms with E-state index < -0.39 is 10.0 Å². The van der Waals surface area contributed by atoms with Gasteiger partial charge in [0.1, 0.15) is 5.25 Å². The zero-order chi connectivity index (χ0) is 24.0. The number of ether oxygens (including phenoxy) is 1. The molecule has 1 aliphatic heterocycles. The summed E-state index contributed by atoms with van der Waals surface area (Å²) < 4.78 is 34.8. The van der Waals surface area contributed by atoms with Gasteiger partial charge in [-0.05, 0) is 24.1 Å². The fourth-order valence-corrected chi connectivity index (χ4v) is 6.10. The molecule has 1 saturated heterocycles. The lowest BCUT2D eigenvalue weighted by molar-refractivity contribution is 0.0730. The molecule has 1 aromatic heterocycles. The summed E-state index contributed by atoms with van der Waals surface area (Å²) in [7, 11) is -3.64. The van der Waals surface area contributed by atoms with Crippen LogP contribution < -0.4 is 0 Å². The first-order valence-electron chi connectivity index (χ1n) is 10.9. The SMILES string of the molecule is C=CCn1c(S[C@H](C#N)Cc2ccccc2)nnc1-c1cccc(S(=O)(=O)N2CCOCC2)c1. The molecule has 8 nitrogen and oxygen atoms in total. The summed E-state index contributed by atoms with van der Waals surface area (Å²) in [6.07, 6.45) is 2.30. The summed E-state index contributed by atoms with van der Waals surface area (Å²) in [6, 6.07) is 18.9. The molecule has 0 radical (unpaired) electrons. The van der Waals surface area contributed by atoms with Gasteiger partial charge in [-0.25, -0.2) is 8.42 Å². The Morgan fingerprint density at radius 3 is 2.62 bits per heavy atom. The van der Waals surface area contributed by atoms with Gasteiger partial charge in [0.2, 0.25) is 10.0 Å². The third kappa shape index (κ3) is 5.39. The van der Waals surface area contributed by atoms with Gasteiger partial charge < -0.3 is 4.74 Å². The molecule has 2 aromatic carbocycles. The average molecular weight is 496 g/mol. The molecule has 2 heterocycles. The van der Waals surface area contributed by atoms with Crippen molar-refractivity contribution in [3.8, 4) is 17.5 Å². The van der Waals surface area contributed by atoms with Crippen molar-refractivity contribution in [3.63, 3.8) is 0 Å². The van der Waals surface area contributed by atoms with Crippen molar-refractivity contribution < 1.29 is 13.2 Å². The van der Waals surface area contributed by atoms with Crippen LogP contribution in [0.25, 0.3) is 11.4 Å². The number of hydrogen-bond donors (Lipinski definition) is 0. The molecule has 1 fully saturated rings. The molecule has 0 bridgehead atoms. The summed E-state index contributed by atoms with van der Waals surface area (Å²) in [5, 5.41) is 18.6. The summed E-state index contributed by atoms with van der Waals surface area (Å²) in [5.74, 6) is 0.526. The molecule has 176 valence electrons. The molecule has 1 atom stereocenters. The van der Waals surface area contributed by atoms with E-state index in [0.29, 0.717) is 55.8 Å². The standard InChI is InChI=1S/C24H25N5O3S2/c1-2-11-29-23(26-27-24(29)33-21(18-25)16-19-7-4-3-5-8-19)20-9-6-10-22(17-20)34(30,31)28-12-14-32-15-13-28/h2-10,17,21H,1,11-16H2/t21-/m0/s1. The van der Waals surface area contributed by atoms with E-state index >= 15 is 0 Å². The van der Waals surface area contributed by atoms with Crippen LogP contribution in [0.2, 0.25) is 0 Å². The van der Waals surface area contributed by atoms with Crippen LogP contribution in [-0.2, 0) is 27.7 Å². The third-order valence-corrected chi connectivity index (χ3v) is 8.35. The molecule has 3 aromatic rings. The van der Waals surface area contributed by atoms with Gasteiger partial charge in [-0.1, -0.05) is 60.3 Å². The number of benzene rings is 2. The Hall–Kier alpha value is -2.97. The van der Waals surface area contributed by atoms with Gasteiger partial charge in [-0.2, -0.15) is 9.57 Å². The van der Waals surface area contributed by atoms with Crippen molar-refractivity contribution in [2.24, 2.45) is 0 Å². The smallest absolute Gasteiger partial charge is 0.243 e. The fraction of sp³-hybridized carbons (Fsp3) is 0.292. The number of nitriles is 1. The van der Waals surface area contributed by atoms with Gasteiger partial charge in [0.15, 0.2) is 11.0 Å². The number of aromatic nitrogens is 3. The number of allylic oxidation sites excluding steroid dienone is 1. The fourth-order valence-electron chi connectivity index (χ4n) is 3.68. The second kappa shape index (κ2) is 11.0. The largest absolute Gasteiger partial charge is 0.379 e. The van der Waals surface area contributed by atoms with Crippen molar-refractivity contribution in [2.45, 2.75) is 28.3 Å². The van der Waals surface area contributed by atoms with Crippen LogP contribution in [0.15, 0.2) is 77.3 Å². The number of thioether (sulfide) groups is 1. The lowest BCUT2D eigenvalue weighted by atomic mass is 10.1. The van der Waals surface area contributed by atoms with E-state index in [9.17, 15) is 13.7 Å². The molecule has 4 rings (SSSR count). The first-order chi connectivity index (χ1) is 16.5. The van der Waals surface area contributed by atoms with Gasteiger partial charge in [0.25, 0.3) is 0 Å². The van der Waals surface area contributed by atoms with E-state index in [1.807, 2.05) is 41.0 Å². The van der Waals surface area contributed by atoms with E-state index in [4.69, 9.17) is 4.74 Å². The Bertz CT molecular complexity index is 1280. The van der Waals surface area contributed by atoms with Crippen LogP contribution in [0.5, 0.6) is 0 Å². The minimum atomic E-state index is -3.64. The number of hydrogen-bond acceptors (Lipinski definition) is 7. The lowest BCUT2D eigenvalue weighted by Gasteiger charge is -2.26. The highest BCUT2D eigenvalue weighted by atomic mass is 32.2. The summed E-state index contributed by atoms with van der Waals surface area (Å²) >= 11 is 1.34. The van der Waals surface area contributed by atoms with Gasteiger partial charge in [0.05, 0.1) is 24.2 Å². The maximum Gasteiger partial charge on any atom is 0.243 e. The molecule has 0 unspecified atom stereocenters. The van der Waals surface area contributed by atoms with Crippen LogP contribution in [0.3, 0.4) is 0 Å². The Morgan fingerprint density at radius 2 is 1.91 bits per heavy atom. The highest BCUT2D eigenvalue weighted by Gasteiger charge is 2.27. The molecular weight excluding hydrogens is 470 g/mol. The first-order valence-corrected chi connectivity index (χ1v) is 13.2. The highest BCUT2D eigenvalue weighted by Crippen LogP contribution is 2.30. The van der Waals surface area contributed by atoms with Gasteiger partial charge >= 0.3 is 0 Å². The molecule has 0 spiro atoms. The van der Waals surface area contributed by atoms with Gasteiger partial charge in [-0.3, -0.25) is 4.57 Å². The molecule has 0 saturated carbocycles. The first kappa shape index (κ1) is 24.2. The maximum atomic E-state index is 13.1. The molecule has 1 aliphatic rings. The summed E-state index contributed by atoms with van der Waals surface area (Å²) in [5.41, 5.74) is 1.70. The van der Waals surface area contributed by atoms with Crippen molar-refractivity contribution in [1.29, 1.82) is 5.26 Å². The van der Waals surface area contributed by atoms with E-state index in [2.05, 4.69) is 22.8 Å². The molecule has 10 heteroatoms. The molecule has 34 heavy (non-hydrogen) atoms. The van der Waals surface area contributed by atoms with Crippen LogP contribution in [0.4, 0.5) is 0 Å². The summed E-state index contributed by atoms with van der Waals surface area (Å²) in [6.45, 7) is 5.69. The molecule has 0 N–H and O–H groups in total. The minimum Gasteiger partial charge on any atom is -0.379 e. The number of nitrogens with zero attached hydrogens (tertiary/aromatic N) is 5. The van der Waals surface area contributed by atoms with Crippen LogP contribution in [-0.4, -0.2) is 59.0 Å². The summed E-state index contributed by atoms with van der Waals surface area (Å²) in [4.78, 5) is 0.202. The van der Waals surface area contributed by atoms with Crippen LogP contribution in [0.1, 0.15) is 5.56 Å². The van der Waals surface area contributed by atoms with Crippen molar-refractivity contribution >= 4 is 21.8 Å². The van der Waals surface area contributed by atoms with Crippen LogP contribution in [0, 0.1) is 11.3 Å². The quantitative estimate of drug-likeness (QED) is 0.331. The number of sulfonamides is 1. The maximum absolute atomic E-state index is 13.1. The van der Waals surface area contributed by atoms with E-state index in [-0.39, 0.29) is 10.1 Å². The zero-order valence-electron chi connectivity index (χ0n) is 18.6. The minimum absolute atomic E-state index is 0.202. The van der Waals surface area contributed by atoms with Crippen LogP contribution >= 0.6 is 11.8 Å². The van der Waals surface area contributed by atoms with Crippen molar-refractivity contribution in [3.05, 3.63) is 72.8 Å². The van der Waals surface area contributed by atoms with Gasteiger partial charge in [-0.15, -0.1) is 16.8 Å². The monoisotopic (exact) mass is 495 g/mol. The number of rotatable bonds is 9. The predicted octanol–water partition coefficient (Wildman–Crippen LogP) is 3.38. The zero-order valence-corrected chi connectivity index (χ0v) is 20.2. The second-order valence-electron chi connectivity index (χ2n) is 7.68. The van der Waals surface area contributed by atoms with E-state index in [1.54, 1.807) is 24.3 Å². The normalized spacial score (nSPS) is 15.5. The Labute approximate surface area is 203 Å². The lowest BCUT2D eigenvalue weighted by Crippen LogP contribution is -2.40. The van der Waals surface area contributed by atoms with E-state index in [1.165, 1.54) is 16.1 Å². The third-order valence-electron chi connectivity index (χ3n) is 5.38. The molecule has 0 aliphatic carbocycles. The van der Waals surface area contributed by atoms with Gasteiger partial charge in [0, 0.05) is 25.2 Å². The molecular formula is C24H25N5O3S2. The highest BCUT2D eigenvalue weighted by molar-refractivity contribution is 8.00. The average Bonchev–Trinajstić information content (AvgIpc) is 3.27. The Kier molecular flexibility index (Phi) is 7.80. The van der Waals surface area contributed by atoms with Crippen molar-refractivity contribution in [2.75, 3.05) is 26.3 Å². The Morgan fingerprint density at radius 1 is 1.15 bits per heavy atom. The van der Waals surface area contributed by atoms with E-state index in [0.717, 1.165) is 5.56 Å². The predicted molar refractivity (Wildman–Crippen MR) is 131 cm³/mol. The second-order valence-corrected chi connectivity index (χ2v) is 10.8. The Balaban J connectivity index is 1.62. The topological polar surface area (TPSA) is 101 Å². The molecule has 0 amide bonds. The number of morpholine rings is 1.